The van der Waals surface area contributed by atoms with E-state index in [9.17, 15) is 9.59 Å². The summed E-state index contributed by atoms with van der Waals surface area (Å²) in [6.45, 7) is 4.51. The van der Waals surface area contributed by atoms with Crippen LogP contribution in [0, 0.1) is 0 Å². The zero-order chi connectivity index (χ0) is 20.9. The number of carbonyl (C=O) groups excluding carboxylic acids is 2. The van der Waals surface area contributed by atoms with Gasteiger partial charge in [-0.05, 0) is 54.4 Å². The van der Waals surface area contributed by atoms with E-state index in [0.717, 1.165) is 42.4 Å². The molecule has 1 fully saturated rings. The lowest BCUT2D eigenvalue weighted by molar-refractivity contribution is -0.116. The number of anilines is 1. The van der Waals surface area contributed by atoms with Gasteiger partial charge in [-0.2, -0.15) is 0 Å². The quantitative estimate of drug-likeness (QED) is 0.794. The van der Waals surface area contributed by atoms with Gasteiger partial charge in [0.2, 0.25) is 5.91 Å². The fourth-order valence-electron chi connectivity index (χ4n) is 3.84. The predicted molar refractivity (Wildman–Crippen MR) is 114 cm³/mol. The number of amides is 2. The lowest BCUT2D eigenvalue weighted by Crippen LogP contribution is -2.49. The zero-order valence-corrected chi connectivity index (χ0v) is 17.2. The predicted octanol–water partition coefficient (Wildman–Crippen LogP) is 2.42. The highest BCUT2D eigenvalue weighted by Crippen LogP contribution is 2.24. The number of hydrogen-bond acceptors (Lipinski definition) is 5. The molecule has 1 N–H and O–H groups in total. The molecule has 0 saturated carbocycles. The lowest BCUT2D eigenvalue weighted by atomic mass is 10.00. The van der Waals surface area contributed by atoms with Crippen molar-refractivity contribution in [3.8, 4) is 11.5 Å². The highest BCUT2D eigenvalue weighted by atomic mass is 16.5. The molecule has 0 bridgehead atoms. The van der Waals surface area contributed by atoms with Crippen LogP contribution < -0.4 is 14.8 Å². The van der Waals surface area contributed by atoms with Crippen LogP contribution in [0.5, 0.6) is 11.5 Å². The fourth-order valence-corrected chi connectivity index (χ4v) is 3.84. The summed E-state index contributed by atoms with van der Waals surface area (Å²) in [5.41, 5.74) is 2.56. The Morgan fingerprint density at radius 1 is 1.00 bits per heavy atom. The number of hydrogen-bond donors (Lipinski definition) is 1. The van der Waals surface area contributed by atoms with Gasteiger partial charge in [-0.3, -0.25) is 14.5 Å². The van der Waals surface area contributed by atoms with Crippen LogP contribution in [0.25, 0.3) is 0 Å². The van der Waals surface area contributed by atoms with Crippen LogP contribution in [0.3, 0.4) is 0 Å². The Morgan fingerprint density at radius 2 is 1.73 bits per heavy atom. The molecule has 0 aromatic heterocycles. The van der Waals surface area contributed by atoms with Crippen molar-refractivity contribution in [2.45, 2.75) is 12.8 Å². The number of ether oxygens (including phenoxy) is 2. The standard InChI is InChI=1S/C23H27N3O4/c1-29-19-4-6-20(7-5-19)30-15-14-25-10-12-26(13-11-25)23(28)18-2-8-21-17(16-18)3-9-22(27)24-21/h2,4-8,16H,3,9-15H2,1H3,(H,24,27). The summed E-state index contributed by atoms with van der Waals surface area (Å²) in [5, 5.41) is 2.86. The molecule has 2 aliphatic heterocycles. The number of piperazine rings is 1. The smallest absolute Gasteiger partial charge is 0.253 e. The second kappa shape index (κ2) is 9.17. The second-order valence-electron chi connectivity index (χ2n) is 7.58. The average Bonchev–Trinajstić information content (AvgIpc) is 2.79. The SMILES string of the molecule is COc1ccc(OCCN2CCN(C(=O)c3ccc4c(c3)CCC(=O)N4)CC2)cc1. The minimum absolute atomic E-state index is 0.0358. The Bertz CT molecular complexity index is 905. The van der Waals surface area contributed by atoms with E-state index in [2.05, 4.69) is 10.2 Å². The molecule has 0 atom stereocenters. The van der Waals surface area contributed by atoms with E-state index < -0.39 is 0 Å². The van der Waals surface area contributed by atoms with Crippen LogP contribution in [0.15, 0.2) is 42.5 Å². The molecule has 2 aromatic rings. The van der Waals surface area contributed by atoms with Gasteiger partial charge < -0.3 is 19.7 Å². The van der Waals surface area contributed by atoms with E-state index in [4.69, 9.17) is 9.47 Å². The summed E-state index contributed by atoms with van der Waals surface area (Å²) in [5.74, 6) is 1.73. The molecule has 7 nitrogen and oxygen atoms in total. The molecule has 0 unspecified atom stereocenters. The summed E-state index contributed by atoms with van der Waals surface area (Å²) in [4.78, 5) is 28.6. The fraction of sp³-hybridized carbons (Fsp3) is 0.391. The Balaban J connectivity index is 1.24. The van der Waals surface area contributed by atoms with Crippen LogP contribution in [-0.2, 0) is 11.2 Å². The molecule has 2 heterocycles. The van der Waals surface area contributed by atoms with Crippen LogP contribution >= 0.6 is 0 Å². The van der Waals surface area contributed by atoms with Gasteiger partial charge in [0, 0.05) is 50.4 Å². The van der Waals surface area contributed by atoms with Gasteiger partial charge in [0.1, 0.15) is 18.1 Å². The van der Waals surface area contributed by atoms with Crippen molar-refractivity contribution >= 4 is 17.5 Å². The topological polar surface area (TPSA) is 71.1 Å². The minimum atomic E-state index is 0.0358. The molecule has 30 heavy (non-hydrogen) atoms. The first kappa shape index (κ1) is 20.2. The van der Waals surface area contributed by atoms with E-state index in [1.807, 2.05) is 47.4 Å². The molecule has 1 saturated heterocycles. The maximum Gasteiger partial charge on any atom is 0.253 e. The molecule has 0 spiro atoms. The molecule has 7 heteroatoms. The van der Waals surface area contributed by atoms with Crippen molar-refractivity contribution in [1.29, 1.82) is 0 Å². The van der Waals surface area contributed by atoms with Crippen LogP contribution in [0.4, 0.5) is 5.69 Å². The van der Waals surface area contributed by atoms with Crippen LogP contribution in [-0.4, -0.2) is 68.1 Å². The highest BCUT2D eigenvalue weighted by molar-refractivity contribution is 5.98. The third-order valence-corrected chi connectivity index (χ3v) is 5.64. The number of carbonyl (C=O) groups is 2. The molecule has 2 aromatic carbocycles. The molecule has 158 valence electrons. The largest absolute Gasteiger partial charge is 0.497 e. The molecule has 4 rings (SSSR count). The first-order chi connectivity index (χ1) is 14.6. The van der Waals surface area contributed by atoms with E-state index in [-0.39, 0.29) is 11.8 Å². The Kier molecular flexibility index (Phi) is 6.18. The number of nitrogens with one attached hydrogen (secondary N) is 1. The normalized spacial score (nSPS) is 16.6. The van der Waals surface area contributed by atoms with E-state index in [1.54, 1.807) is 7.11 Å². The van der Waals surface area contributed by atoms with Crippen molar-refractivity contribution in [2.75, 3.05) is 51.8 Å². The first-order valence-electron chi connectivity index (χ1n) is 10.3. The lowest BCUT2D eigenvalue weighted by Gasteiger charge is -2.34. The number of rotatable bonds is 6. The Labute approximate surface area is 176 Å². The van der Waals surface area contributed by atoms with Crippen LogP contribution in [0.2, 0.25) is 0 Å². The van der Waals surface area contributed by atoms with Crippen molar-refractivity contribution in [3.05, 3.63) is 53.6 Å². The maximum atomic E-state index is 12.9. The summed E-state index contributed by atoms with van der Waals surface area (Å²) >= 11 is 0. The summed E-state index contributed by atoms with van der Waals surface area (Å²) < 4.78 is 11.0. The Morgan fingerprint density at radius 3 is 2.47 bits per heavy atom. The minimum Gasteiger partial charge on any atom is -0.497 e. The maximum absolute atomic E-state index is 12.9. The van der Waals surface area contributed by atoms with Gasteiger partial charge >= 0.3 is 0 Å². The second-order valence-corrected chi connectivity index (χ2v) is 7.58. The van der Waals surface area contributed by atoms with Crippen molar-refractivity contribution < 1.29 is 19.1 Å². The van der Waals surface area contributed by atoms with Crippen molar-refractivity contribution in [2.24, 2.45) is 0 Å². The monoisotopic (exact) mass is 409 g/mol. The molecule has 2 aliphatic rings. The number of fused-ring (bicyclic) bond motifs is 1. The van der Waals surface area contributed by atoms with Crippen molar-refractivity contribution in [1.82, 2.24) is 9.80 Å². The molecule has 2 amide bonds. The number of benzene rings is 2. The van der Waals surface area contributed by atoms with Gasteiger partial charge in [-0.1, -0.05) is 0 Å². The third-order valence-electron chi connectivity index (χ3n) is 5.64. The van der Waals surface area contributed by atoms with E-state index in [0.29, 0.717) is 38.1 Å². The van der Waals surface area contributed by atoms with Gasteiger partial charge in [-0.25, -0.2) is 0 Å². The molecular formula is C23H27N3O4. The van der Waals surface area contributed by atoms with Crippen molar-refractivity contribution in [3.63, 3.8) is 0 Å². The summed E-state index contributed by atoms with van der Waals surface area (Å²) in [7, 11) is 1.64. The van der Waals surface area contributed by atoms with Gasteiger partial charge in [0.25, 0.3) is 5.91 Å². The molecular weight excluding hydrogens is 382 g/mol. The molecule has 0 aliphatic carbocycles. The van der Waals surface area contributed by atoms with Crippen LogP contribution in [0.1, 0.15) is 22.3 Å². The van der Waals surface area contributed by atoms with E-state index in [1.165, 1.54) is 0 Å². The summed E-state index contributed by atoms with van der Waals surface area (Å²) in [6, 6.07) is 13.1. The number of aryl methyl sites for hydroxylation is 1. The zero-order valence-electron chi connectivity index (χ0n) is 17.2. The summed E-state index contributed by atoms with van der Waals surface area (Å²) in [6.07, 6.45) is 1.16. The first-order valence-corrected chi connectivity index (χ1v) is 10.3. The van der Waals surface area contributed by atoms with Gasteiger partial charge in [0.15, 0.2) is 0 Å². The highest BCUT2D eigenvalue weighted by Gasteiger charge is 2.23. The van der Waals surface area contributed by atoms with Gasteiger partial charge in [0.05, 0.1) is 7.11 Å². The van der Waals surface area contributed by atoms with Gasteiger partial charge in [-0.15, -0.1) is 0 Å². The van der Waals surface area contributed by atoms with E-state index >= 15 is 0 Å². The Hall–Kier alpha value is -3.06. The third kappa shape index (κ3) is 4.74. The number of methoxy groups -OCH3 is 1. The average molecular weight is 409 g/mol. The number of nitrogens with zero attached hydrogens (tertiary/aromatic N) is 2. The molecule has 0 radical (unpaired) electrons.